The second-order valence-corrected chi connectivity index (χ2v) is 9.80. The van der Waals surface area contributed by atoms with E-state index in [-0.39, 0.29) is 24.2 Å². The molecule has 0 amide bonds. The summed E-state index contributed by atoms with van der Waals surface area (Å²) in [7, 11) is 0. The Hall–Kier alpha value is -3.82. The lowest BCUT2D eigenvalue weighted by molar-refractivity contribution is -0.137. The van der Waals surface area contributed by atoms with Crippen molar-refractivity contribution >= 4 is 23.2 Å². The first-order valence-corrected chi connectivity index (χ1v) is 12.1. The maximum absolute atomic E-state index is 13.1. The van der Waals surface area contributed by atoms with E-state index >= 15 is 0 Å². The quantitative estimate of drug-likeness (QED) is 0.329. The number of hydrogen-bond donors (Lipinski definition) is 3. The molecule has 4 rings (SSSR count). The van der Waals surface area contributed by atoms with Crippen molar-refractivity contribution in [1.29, 1.82) is 0 Å². The Balaban J connectivity index is 1.86. The molecule has 0 bridgehead atoms. The van der Waals surface area contributed by atoms with Crippen LogP contribution in [0.4, 0.5) is 30.4 Å². The number of hydrogen-bond acceptors (Lipinski definition) is 6. The van der Waals surface area contributed by atoms with E-state index in [1.54, 1.807) is 13.1 Å². The SMILES string of the molecule is Cc1c(C(=O)O)nc(NC(C)C)c2c1NC(c1cc(C(C)C)ccn1)N2Cc1ccc(C(F)(F)F)cc1. The average Bonchev–Trinajstić information content (AvgIpc) is 3.20. The van der Waals surface area contributed by atoms with Crippen LogP contribution < -0.4 is 15.5 Å². The van der Waals surface area contributed by atoms with Crippen molar-refractivity contribution in [2.75, 3.05) is 15.5 Å². The number of halogens is 3. The molecule has 3 heterocycles. The molecule has 0 spiro atoms. The minimum Gasteiger partial charge on any atom is -0.476 e. The highest BCUT2D eigenvalue weighted by atomic mass is 19.4. The van der Waals surface area contributed by atoms with Gasteiger partial charge in [0.2, 0.25) is 0 Å². The summed E-state index contributed by atoms with van der Waals surface area (Å²) in [6.07, 6.45) is -3.19. The summed E-state index contributed by atoms with van der Waals surface area (Å²) in [5.41, 5.74) is 3.38. The lowest BCUT2D eigenvalue weighted by Crippen LogP contribution is -2.29. The minimum atomic E-state index is -4.42. The zero-order valence-corrected chi connectivity index (χ0v) is 21.3. The minimum absolute atomic E-state index is 0.0460. The Morgan fingerprint density at radius 3 is 2.41 bits per heavy atom. The highest BCUT2D eigenvalue weighted by Gasteiger charge is 2.37. The molecule has 1 atom stereocenters. The Kier molecular flexibility index (Phi) is 7.03. The second-order valence-electron chi connectivity index (χ2n) is 9.80. The molecule has 1 aliphatic heterocycles. The number of nitrogens with one attached hydrogen (secondary N) is 2. The smallest absolute Gasteiger partial charge is 0.416 e. The molecule has 1 unspecified atom stereocenters. The van der Waals surface area contributed by atoms with Crippen molar-refractivity contribution < 1.29 is 23.1 Å². The largest absolute Gasteiger partial charge is 0.476 e. The average molecular weight is 514 g/mol. The summed E-state index contributed by atoms with van der Waals surface area (Å²) in [5.74, 6) is -0.504. The van der Waals surface area contributed by atoms with Gasteiger partial charge >= 0.3 is 12.1 Å². The van der Waals surface area contributed by atoms with Crippen molar-refractivity contribution in [2.24, 2.45) is 0 Å². The van der Waals surface area contributed by atoms with Gasteiger partial charge in [-0.3, -0.25) is 4.98 Å². The van der Waals surface area contributed by atoms with E-state index in [0.717, 1.165) is 17.7 Å². The predicted octanol–water partition coefficient (Wildman–Crippen LogP) is 6.58. The summed E-state index contributed by atoms with van der Waals surface area (Å²) in [6, 6.07) is 8.93. The summed E-state index contributed by atoms with van der Waals surface area (Å²) in [5, 5.41) is 16.5. The van der Waals surface area contributed by atoms with Crippen LogP contribution in [0.15, 0.2) is 42.6 Å². The number of rotatable bonds is 7. The molecule has 7 nitrogen and oxygen atoms in total. The molecule has 2 aromatic heterocycles. The van der Waals surface area contributed by atoms with Crippen LogP contribution in [0.5, 0.6) is 0 Å². The number of carboxylic acids is 1. The third-order valence-electron chi connectivity index (χ3n) is 6.31. The number of aromatic carboxylic acids is 1. The van der Waals surface area contributed by atoms with E-state index in [1.807, 2.05) is 30.9 Å². The van der Waals surface area contributed by atoms with Crippen LogP contribution in [0, 0.1) is 6.92 Å². The number of alkyl halides is 3. The first-order valence-electron chi connectivity index (χ1n) is 12.1. The fraction of sp³-hybridized carbons (Fsp3) is 0.370. The standard InChI is InChI=1S/C27H30F3N5O2/c1-14(2)18-10-11-31-20(12-18)25-34-21-16(5)22(26(36)37)33-24(32-15(3)4)23(21)35(25)13-17-6-8-19(9-7-17)27(28,29)30/h6-12,14-15,25,34H,13H2,1-5H3,(H,32,33)(H,36,37). The lowest BCUT2D eigenvalue weighted by atomic mass is 10.0. The van der Waals surface area contributed by atoms with E-state index in [2.05, 4.69) is 34.4 Å². The summed E-state index contributed by atoms with van der Waals surface area (Å²) < 4.78 is 39.4. The molecule has 3 aromatic rings. The van der Waals surface area contributed by atoms with Gasteiger partial charge in [-0.2, -0.15) is 13.2 Å². The lowest BCUT2D eigenvalue weighted by Gasteiger charge is -2.28. The summed E-state index contributed by atoms with van der Waals surface area (Å²) in [6.45, 7) is 9.93. The normalized spacial score (nSPS) is 15.2. The molecule has 0 fully saturated rings. The van der Waals surface area contributed by atoms with Gasteiger partial charge in [0, 0.05) is 24.3 Å². The van der Waals surface area contributed by atoms with Gasteiger partial charge in [0.1, 0.15) is 11.9 Å². The number of pyridine rings is 2. The predicted molar refractivity (Wildman–Crippen MR) is 137 cm³/mol. The molecular formula is C27H30F3N5O2. The van der Waals surface area contributed by atoms with Crippen molar-refractivity contribution in [3.63, 3.8) is 0 Å². The van der Waals surface area contributed by atoms with Crippen molar-refractivity contribution in [3.8, 4) is 0 Å². The molecule has 37 heavy (non-hydrogen) atoms. The van der Waals surface area contributed by atoms with Crippen molar-refractivity contribution in [3.05, 3.63) is 76.2 Å². The molecule has 3 N–H and O–H groups in total. The van der Waals surface area contributed by atoms with Crippen LogP contribution in [0.2, 0.25) is 0 Å². The van der Waals surface area contributed by atoms with Gasteiger partial charge in [0.05, 0.1) is 16.9 Å². The van der Waals surface area contributed by atoms with Crippen molar-refractivity contribution in [1.82, 2.24) is 9.97 Å². The van der Waals surface area contributed by atoms with E-state index in [1.165, 1.54) is 12.1 Å². The first-order chi connectivity index (χ1) is 17.4. The fourth-order valence-corrected chi connectivity index (χ4v) is 4.42. The van der Waals surface area contributed by atoms with Crippen LogP contribution in [-0.4, -0.2) is 27.1 Å². The van der Waals surface area contributed by atoms with Crippen LogP contribution in [-0.2, 0) is 12.7 Å². The Morgan fingerprint density at radius 2 is 1.84 bits per heavy atom. The third kappa shape index (κ3) is 5.33. The number of anilines is 3. The maximum atomic E-state index is 13.1. The first kappa shape index (κ1) is 26.2. The van der Waals surface area contributed by atoms with Crippen molar-refractivity contribution in [2.45, 2.75) is 65.5 Å². The van der Waals surface area contributed by atoms with Gasteiger partial charge in [-0.15, -0.1) is 0 Å². The molecule has 0 saturated carbocycles. The maximum Gasteiger partial charge on any atom is 0.416 e. The van der Waals surface area contributed by atoms with Crippen LogP contribution in [0.25, 0.3) is 0 Å². The van der Waals surface area contributed by atoms with E-state index in [9.17, 15) is 23.1 Å². The zero-order chi connectivity index (χ0) is 27.1. The number of nitrogens with zero attached hydrogens (tertiary/aromatic N) is 3. The number of fused-ring (bicyclic) bond motifs is 1. The van der Waals surface area contributed by atoms with Crippen LogP contribution in [0.1, 0.15) is 78.2 Å². The number of carboxylic acid groups (broad SMARTS) is 1. The molecule has 0 saturated heterocycles. The number of carbonyl (C=O) groups is 1. The van der Waals surface area contributed by atoms with E-state index in [0.29, 0.717) is 34.0 Å². The highest BCUT2D eigenvalue weighted by Crippen LogP contribution is 2.48. The molecule has 0 aliphatic carbocycles. The molecule has 1 aromatic carbocycles. The van der Waals surface area contributed by atoms with Gasteiger partial charge in [0.15, 0.2) is 11.5 Å². The Bertz CT molecular complexity index is 1310. The highest BCUT2D eigenvalue weighted by molar-refractivity contribution is 5.96. The Morgan fingerprint density at radius 1 is 1.16 bits per heavy atom. The second kappa shape index (κ2) is 9.91. The van der Waals surface area contributed by atoms with Gasteiger partial charge < -0.3 is 20.6 Å². The molecule has 0 radical (unpaired) electrons. The van der Waals surface area contributed by atoms with Crippen LogP contribution >= 0.6 is 0 Å². The summed E-state index contributed by atoms with van der Waals surface area (Å²) in [4.78, 5) is 23.0. The van der Waals surface area contributed by atoms with Gasteiger partial charge in [-0.1, -0.05) is 26.0 Å². The topological polar surface area (TPSA) is 90.4 Å². The molecule has 10 heteroatoms. The van der Waals surface area contributed by atoms with Gasteiger partial charge in [-0.25, -0.2) is 9.78 Å². The third-order valence-corrected chi connectivity index (χ3v) is 6.31. The van der Waals surface area contributed by atoms with Gasteiger partial charge in [-0.05, 0) is 62.1 Å². The number of benzene rings is 1. The van der Waals surface area contributed by atoms with Crippen LogP contribution in [0.3, 0.4) is 0 Å². The molecule has 196 valence electrons. The fourth-order valence-electron chi connectivity index (χ4n) is 4.42. The van der Waals surface area contributed by atoms with Gasteiger partial charge in [0.25, 0.3) is 0 Å². The Labute approximate surface area is 213 Å². The zero-order valence-electron chi connectivity index (χ0n) is 21.3. The molecular weight excluding hydrogens is 483 g/mol. The molecule has 1 aliphatic rings. The van der Waals surface area contributed by atoms with E-state index in [4.69, 9.17) is 0 Å². The monoisotopic (exact) mass is 513 g/mol. The van der Waals surface area contributed by atoms with E-state index < -0.39 is 23.9 Å². The summed E-state index contributed by atoms with van der Waals surface area (Å²) >= 11 is 0. The number of aromatic nitrogens is 2.